The highest BCUT2D eigenvalue weighted by Crippen LogP contribution is 2.30. The lowest BCUT2D eigenvalue weighted by Crippen LogP contribution is -2.18. The van der Waals surface area contributed by atoms with E-state index in [1.165, 1.54) is 0 Å². The molecule has 0 aromatic carbocycles. The van der Waals surface area contributed by atoms with Crippen LogP contribution in [0, 0.1) is 0 Å². The van der Waals surface area contributed by atoms with Crippen LogP contribution < -0.4 is 5.73 Å². The first-order chi connectivity index (χ1) is 7.68. The maximum atomic E-state index is 10.4. The number of nitrogens with zero attached hydrogens (tertiary/aromatic N) is 1. The third-order valence-corrected chi connectivity index (χ3v) is 2.94. The van der Waals surface area contributed by atoms with Crippen LogP contribution in [0.4, 0.5) is 4.79 Å². The smallest absolute Gasteiger partial charge is 0.404 e. The number of nitrogens with two attached hydrogens (primary N) is 1. The Morgan fingerprint density at radius 3 is 3.25 bits per heavy atom. The highest BCUT2D eigenvalue weighted by molar-refractivity contribution is 5.64. The van der Waals surface area contributed by atoms with Crippen LogP contribution in [-0.4, -0.2) is 22.4 Å². The molecule has 1 aliphatic rings. The number of aliphatic hydroxyl groups excluding tert-OH is 1. The van der Waals surface area contributed by atoms with Gasteiger partial charge < -0.3 is 20.1 Å². The summed E-state index contributed by atoms with van der Waals surface area (Å²) in [6, 6.07) is 1.93. The molecular weight excluding hydrogens is 208 g/mol. The van der Waals surface area contributed by atoms with Crippen LogP contribution >= 0.6 is 0 Å². The second-order valence-electron chi connectivity index (χ2n) is 3.99. The van der Waals surface area contributed by atoms with Crippen molar-refractivity contribution in [3.05, 3.63) is 23.5 Å². The number of ether oxygens (including phenoxy) is 1. The number of aliphatic hydroxyl groups is 1. The van der Waals surface area contributed by atoms with Gasteiger partial charge in [0, 0.05) is 17.5 Å². The number of amides is 1. The van der Waals surface area contributed by atoms with Crippen molar-refractivity contribution in [1.29, 1.82) is 0 Å². The van der Waals surface area contributed by atoms with Gasteiger partial charge in [0.2, 0.25) is 0 Å². The van der Waals surface area contributed by atoms with Crippen molar-refractivity contribution in [3.8, 4) is 0 Å². The first-order valence-electron chi connectivity index (χ1n) is 5.46. The fraction of sp³-hybridized carbons (Fsp3) is 0.545. The summed E-state index contributed by atoms with van der Waals surface area (Å²) < 4.78 is 6.70. The summed E-state index contributed by atoms with van der Waals surface area (Å²) in [5, 5.41) is 9.77. The van der Waals surface area contributed by atoms with Gasteiger partial charge >= 0.3 is 6.09 Å². The molecule has 88 valence electrons. The molecule has 5 nitrogen and oxygen atoms in total. The zero-order chi connectivity index (χ0) is 11.5. The van der Waals surface area contributed by atoms with E-state index in [9.17, 15) is 9.90 Å². The Labute approximate surface area is 93.8 Å². The van der Waals surface area contributed by atoms with Crippen molar-refractivity contribution in [3.63, 3.8) is 0 Å². The summed E-state index contributed by atoms with van der Waals surface area (Å²) in [4.78, 5) is 10.4. The topological polar surface area (TPSA) is 77.5 Å². The molecule has 3 N–H and O–H groups in total. The van der Waals surface area contributed by atoms with Gasteiger partial charge in [0.15, 0.2) is 0 Å². The maximum Gasteiger partial charge on any atom is 0.404 e. The number of fused-ring (bicyclic) bond motifs is 1. The maximum absolute atomic E-state index is 10.4. The zero-order valence-corrected chi connectivity index (χ0v) is 9.06. The standard InChI is InChI=1S/C11H16N2O3/c12-11(15)16-7-6-13-5-4-8-9(13)2-1-3-10(8)14/h4-5,10,14H,1-3,6-7H2,(H2,12,15). The highest BCUT2D eigenvalue weighted by atomic mass is 16.5. The third-order valence-electron chi connectivity index (χ3n) is 2.94. The van der Waals surface area contributed by atoms with Gasteiger partial charge in [-0.25, -0.2) is 4.79 Å². The van der Waals surface area contributed by atoms with Gasteiger partial charge in [-0.3, -0.25) is 0 Å². The number of carbonyl (C=O) groups is 1. The van der Waals surface area contributed by atoms with Gasteiger partial charge in [-0.05, 0) is 25.3 Å². The number of hydrogen-bond acceptors (Lipinski definition) is 3. The molecule has 1 aliphatic carbocycles. The molecule has 0 radical (unpaired) electrons. The van der Waals surface area contributed by atoms with Gasteiger partial charge in [-0.2, -0.15) is 0 Å². The van der Waals surface area contributed by atoms with Crippen LogP contribution in [-0.2, 0) is 17.7 Å². The predicted octanol–water partition coefficient (Wildman–Crippen LogP) is 0.953. The minimum absolute atomic E-state index is 0.270. The van der Waals surface area contributed by atoms with E-state index in [1.807, 2.05) is 16.8 Å². The zero-order valence-electron chi connectivity index (χ0n) is 9.06. The van der Waals surface area contributed by atoms with Crippen LogP contribution in [0.15, 0.2) is 12.3 Å². The summed E-state index contributed by atoms with van der Waals surface area (Å²) in [5.41, 5.74) is 7.03. The Balaban J connectivity index is 2.02. The molecule has 1 amide bonds. The van der Waals surface area contributed by atoms with E-state index < -0.39 is 6.09 Å². The SMILES string of the molecule is NC(=O)OCCn1ccc2c1CCCC2O. The van der Waals surface area contributed by atoms with Crippen molar-refractivity contribution in [2.45, 2.75) is 31.9 Å². The average molecular weight is 224 g/mol. The highest BCUT2D eigenvalue weighted by Gasteiger charge is 2.20. The van der Waals surface area contributed by atoms with Crippen LogP contribution in [0.2, 0.25) is 0 Å². The van der Waals surface area contributed by atoms with E-state index in [-0.39, 0.29) is 12.7 Å². The number of rotatable bonds is 3. The van der Waals surface area contributed by atoms with Gasteiger partial charge in [0.1, 0.15) is 6.61 Å². The fourth-order valence-electron chi connectivity index (χ4n) is 2.19. The monoisotopic (exact) mass is 224 g/mol. The lowest BCUT2D eigenvalue weighted by Gasteiger charge is -2.20. The van der Waals surface area contributed by atoms with E-state index in [0.717, 1.165) is 30.5 Å². The molecule has 0 saturated carbocycles. The Morgan fingerprint density at radius 1 is 1.69 bits per heavy atom. The van der Waals surface area contributed by atoms with E-state index in [1.54, 1.807) is 0 Å². The first kappa shape index (κ1) is 11.0. The second kappa shape index (κ2) is 4.57. The Bertz CT molecular complexity index is 387. The Kier molecular flexibility index (Phi) is 3.14. The Morgan fingerprint density at radius 2 is 2.50 bits per heavy atom. The molecule has 5 heteroatoms. The number of aromatic nitrogens is 1. The van der Waals surface area contributed by atoms with Crippen molar-refractivity contribution >= 4 is 6.09 Å². The molecule has 0 aliphatic heterocycles. The van der Waals surface area contributed by atoms with Crippen molar-refractivity contribution < 1.29 is 14.6 Å². The van der Waals surface area contributed by atoms with E-state index in [0.29, 0.717) is 6.54 Å². The van der Waals surface area contributed by atoms with E-state index in [4.69, 9.17) is 5.73 Å². The number of carbonyl (C=O) groups excluding carboxylic acids is 1. The van der Waals surface area contributed by atoms with E-state index >= 15 is 0 Å². The first-order valence-corrected chi connectivity index (χ1v) is 5.46. The lowest BCUT2D eigenvalue weighted by molar-refractivity contribution is 0.148. The molecule has 1 unspecified atom stereocenters. The van der Waals surface area contributed by atoms with E-state index in [2.05, 4.69) is 4.74 Å². The van der Waals surface area contributed by atoms with Crippen molar-refractivity contribution in [2.75, 3.05) is 6.61 Å². The second-order valence-corrected chi connectivity index (χ2v) is 3.99. The van der Waals surface area contributed by atoms with Gasteiger partial charge in [-0.15, -0.1) is 0 Å². The quantitative estimate of drug-likeness (QED) is 0.802. The van der Waals surface area contributed by atoms with Gasteiger partial charge in [-0.1, -0.05) is 0 Å². The van der Waals surface area contributed by atoms with Crippen LogP contribution in [0.5, 0.6) is 0 Å². The molecule has 0 saturated heterocycles. The summed E-state index contributed by atoms with van der Waals surface area (Å²) in [5.74, 6) is 0. The normalized spacial score (nSPS) is 19.2. The molecule has 2 rings (SSSR count). The molecule has 0 spiro atoms. The summed E-state index contributed by atoms with van der Waals surface area (Å²) in [6.07, 6.45) is 3.62. The lowest BCUT2D eigenvalue weighted by atomic mass is 9.95. The average Bonchev–Trinajstić information content (AvgIpc) is 2.63. The molecule has 1 aromatic heterocycles. The number of hydrogen-bond donors (Lipinski definition) is 2. The molecule has 0 bridgehead atoms. The predicted molar refractivity (Wildman–Crippen MR) is 57.9 cm³/mol. The van der Waals surface area contributed by atoms with Crippen LogP contribution in [0.25, 0.3) is 0 Å². The third kappa shape index (κ3) is 2.19. The fourth-order valence-corrected chi connectivity index (χ4v) is 2.19. The molecule has 1 heterocycles. The van der Waals surface area contributed by atoms with Gasteiger partial charge in [0.05, 0.1) is 12.6 Å². The number of primary amides is 1. The van der Waals surface area contributed by atoms with Gasteiger partial charge in [0.25, 0.3) is 0 Å². The molecule has 0 fully saturated rings. The summed E-state index contributed by atoms with van der Waals surface area (Å²) in [7, 11) is 0. The van der Waals surface area contributed by atoms with Crippen molar-refractivity contribution in [1.82, 2.24) is 4.57 Å². The van der Waals surface area contributed by atoms with Crippen molar-refractivity contribution in [2.24, 2.45) is 5.73 Å². The Hall–Kier alpha value is -1.49. The van der Waals surface area contributed by atoms with Crippen LogP contribution in [0.1, 0.15) is 30.2 Å². The summed E-state index contributed by atoms with van der Waals surface area (Å²) in [6.45, 7) is 0.859. The minimum atomic E-state index is -0.749. The van der Waals surface area contributed by atoms with Crippen LogP contribution in [0.3, 0.4) is 0 Å². The summed E-state index contributed by atoms with van der Waals surface area (Å²) >= 11 is 0. The minimum Gasteiger partial charge on any atom is -0.448 e. The molecule has 16 heavy (non-hydrogen) atoms. The molecular formula is C11H16N2O3. The molecule has 1 atom stereocenters. The largest absolute Gasteiger partial charge is 0.448 e. The molecule has 1 aromatic rings.